The van der Waals surface area contributed by atoms with Gasteiger partial charge in [0, 0.05) is 28.7 Å². The zero-order chi connectivity index (χ0) is 24.2. The van der Waals surface area contributed by atoms with Crippen molar-refractivity contribution in [2.45, 2.75) is 12.5 Å². The van der Waals surface area contributed by atoms with Gasteiger partial charge in [-0.2, -0.15) is 0 Å². The molecule has 1 atom stereocenters. The second-order valence-corrected chi connectivity index (χ2v) is 8.66. The third-order valence-electron chi connectivity index (χ3n) is 5.79. The number of hydrogen-bond acceptors (Lipinski definition) is 6. The molecule has 34 heavy (non-hydrogen) atoms. The monoisotopic (exact) mass is 526 g/mol. The fourth-order valence-corrected chi connectivity index (χ4v) is 4.48. The summed E-state index contributed by atoms with van der Waals surface area (Å²) in [5.74, 6) is 1.56. The maximum atomic E-state index is 13.5. The number of carbonyl (C=O) groups excluding carboxylic acids is 1. The number of rotatable bonds is 7. The van der Waals surface area contributed by atoms with Crippen LogP contribution in [0.4, 0.5) is 5.69 Å². The van der Waals surface area contributed by atoms with Crippen molar-refractivity contribution in [1.29, 1.82) is 0 Å². The fourth-order valence-electron chi connectivity index (χ4n) is 4.08. The summed E-state index contributed by atoms with van der Waals surface area (Å²) < 4.78 is 17.8. The third-order valence-corrected chi connectivity index (χ3v) is 6.28. The van der Waals surface area contributed by atoms with E-state index >= 15 is 0 Å². The number of halogens is 1. The molecule has 0 spiro atoms. The Morgan fingerprint density at radius 2 is 1.79 bits per heavy atom. The van der Waals surface area contributed by atoms with E-state index in [0.717, 1.165) is 15.6 Å². The van der Waals surface area contributed by atoms with Crippen molar-refractivity contribution in [3.8, 4) is 17.2 Å². The Balaban J connectivity index is 1.68. The van der Waals surface area contributed by atoms with Crippen LogP contribution in [0, 0.1) is 10.1 Å². The van der Waals surface area contributed by atoms with Crippen LogP contribution in [0.2, 0.25) is 0 Å². The smallest absolute Gasteiger partial charge is 0.269 e. The number of nitro benzene ring substituents is 1. The second-order valence-electron chi connectivity index (χ2n) is 7.74. The largest absolute Gasteiger partial charge is 0.493 e. The average Bonchev–Trinajstić information content (AvgIpc) is 2.86. The van der Waals surface area contributed by atoms with Crippen LogP contribution in [0.1, 0.15) is 27.5 Å². The highest BCUT2D eigenvalue weighted by Gasteiger charge is 2.33. The molecule has 3 aromatic carbocycles. The van der Waals surface area contributed by atoms with Gasteiger partial charge in [-0.15, -0.1) is 0 Å². The van der Waals surface area contributed by atoms with Crippen LogP contribution in [-0.4, -0.2) is 43.1 Å². The standard InChI is InChI=1S/C25H23BrN2O6/c1-32-23-13-16-10-11-27(25(29)17-4-3-5-18(26)12-17)22(21(16)14-24(23)33-2)15-34-20-8-6-19(7-9-20)28(30)31/h3-9,12-14,22H,10-11,15H2,1-2H3/t22-/m1/s1. The minimum Gasteiger partial charge on any atom is -0.493 e. The number of non-ortho nitro benzene ring substituents is 1. The first kappa shape index (κ1) is 23.6. The van der Waals surface area contributed by atoms with Crippen molar-refractivity contribution in [1.82, 2.24) is 4.90 Å². The molecule has 1 heterocycles. The maximum absolute atomic E-state index is 13.5. The molecule has 3 aromatic rings. The number of nitro groups is 1. The molecular weight excluding hydrogens is 504 g/mol. The van der Waals surface area contributed by atoms with E-state index in [1.54, 1.807) is 43.4 Å². The van der Waals surface area contributed by atoms with Crippen LogP contribution in [0.15, 0.2) is 65.1 Å². The Kier molecular flexibility index (Phi) is 7.02. The summed E-state index contributed by atoms with van der Waals surface area (Å²) in [5.41, 5.74) is 2.51. The van der Waals surface area contributed by atoms with Gasteiger partial charge in [-0.3, -0.25) is 14.9 Å². The number of carbonyl (C=O) groups is 1. The Morgan fingerprint density at radius 1 is 1.09 bits per heavy atom. The molecule has 0 saturated heterocycles. The summed E-state index contributed by atoms with van der Waals surface area (Å²) in [5, 5.41) is 10.9. The average molecular weight is 527 g/mol. The van der Waals surface area contributed by atoms with Gasteiger partial charge in [-0.05, 0) is 60.0 Å². The van der Waals surface area contributed by atoms with Gasteiger partial charge in [0.2, 0.25) is 0 Å². The van der Waals surface area contributed by atoms with Gasteiger partial charge in [0.1, 0.15) is 12.4 Å². The van der Waals surface area contributed by atoms with E-state index in [1.807, 2.05) is 24.3 Å². The zero-order valence-corrected chi connectivity index (χ0v) is 20.3. The van der Waals surface area contributed by atoms with Crippen molar-refractivity contribution < 1.29 is 23.9 Å². The normalized spacial score (nSPS) is 14.8. The first-order valence-electron chi connectivity index (χ1n) is 10.6. The van der Waals surface area contributed by atoms with Crippen molar-refractivity contribution in [2.24, 2.45) is 0 Å². The summed E-state index contributed by atoms with van der Waals surface area (Å²) >= 11 is 3.43. The molecule has 0 fully saturated rings. The number of benzene rings is 3. The lowest BCUT2D eigenvalue weighted by molar-refractivity contribution is -0.384. The molecule has 1 aliphatic heterocycles. The maximum Gasteiger partial charge on any atom is 0.269 e. The Morgan fingerprint density at radius 3 is 2.44 bits per heavy atom. The highest BCUT2D eigenvalue weighted by Crippen LogP contribution is 2.39. The molecule has 176 valence electrons. The number of nitrogens with zero attached hydrogens (tertiary/aromatic N) is 2. The highest BCUT2D eigenvalue weighted by atomic mass is 79.9. The van der Waals surface area contributed by atoms with Gasteiger partial charge in [0.15, 0.2) is 11.5 Å². The molecule has 1 amide bonds. The van der Waals surface area contributed by atoms with E-state index in [2.05, 4.69) is 15.9 Å². The predicted molar refractivity (Wildman–Crippen MR) is 130 cm³/mol. The topological polar surface area (TPSA) is 91.1 Å². The third kappa shape index (κ3) is 4.84. The number of fused-ring (bicyclic) bond motifs is 1. The van der Waals surface area contributed by atoms with Crippen LogP contribution in [0.5, 0.6) is 17.2 Å². The van der Waals surface area contributed by atoms with Crippen LogP contribution in [0.3, 0.4) is 0 Å². The summed E-state index contributed by atoms with van der Waals surface area (Å²) in [7, 11) is 3.16. The zero-order valence-electron chi connectivity index (χ0n) is 18.7. The molecule has 0 aliphatic carbocycles. The van der Waals surface area contributed by atoms with Gasteiger partial charge >= 0.3 is 0 Å². The Hall–Kier alpha value is -3.59. The molecule has 0 saturated carbocycles. The van der Waals surface area contributed by atoms with Gasteiger partial charge < -0.3 is 19.1 Å². The van der Waals surface area contributed by atoms with Crippen molar-refractivity contribution in [2.75, 3.05) is 27.4 Å². The van der Waals surface area contributed by atoms with Crippen molar-refractivity contribution in [3.63, 3.8) is 0 Å². The van der Waals surface area contributed by atoms with Gasteiger partial charge in [0.05, 0.1) is 25.2 Å². The number of ether oxygens (including phenoxy) is 3. The van der Waals surface area contributed by atoms with Gasteiger partial charge in [-0.25, -0.2) is 0 Å². The number of methoxy groups -OCH3 is 2. The lowest BCUT2D eigenvalue weighted by atomic mass is 9.91. The predicted octanol–water partition coefficient (Wildman–Crippen LogP) is 5.19. The van der Waals surface area contributed by atoms with Crippen LogP contribution < -0.4 is 14.2 Å². The SMILES string of the molecule is COc1cc2c(cc1OC)[C@@H](COc1ccc([N+](=O)[O-])cc1)N(C(=O)c1cccc(Br)c1)CC2. The van der Waals surface area contributed by atoms with E-state index in [9.17, 15) is 14.9 Å². The summed E-state index contributed by atoms with van der Waals surface area (Å²) in [6.07, 6.45) is 0.656. The molecule has 0 radical (unpaired) electrons. The van der Waals surface area contributed by atoms with Crippen LogP contribution in [-0.2, 0) is 6.42 Å². The lowest BCUT2D eigenvalue weighted by Crippen LogP contribution is -2.42. The molecule has 1 aliphatic rings. The first-order valence-corrected chi connectivity index (χ1v) is 11.4. The lowest BCUT2D eigenvalue weighted by Gasteiger charge is -2.37. The number of hydrogen-bond donors (Lipinski definition) is 0. The van der Waals surface area contributed by atoms with Crippen LogP contribution in [0.25, 0.3) is 0 Å². The quantitative estimate of drug-likeness (QED) is 0.310. The van der Waals surface area contributed by atoms with Gasteiger partial charge in [0.25, 0.3) is 11.6 Å². The molecule has 8 nitrogen and oxygen atoms in total. The van der Waals surface area contributed by atoms with E-state index in [4.69, 9.17) is 14.2 Å². The minimum atomic E-state index is -0.459. The van der Waals surface area contributed by atoms with Crippen molar-refractivity contribution >= 4 is 27.5 Å². The molecule has 9 heteroatoms. The second kappa shape index (κ2) is 10.1. The number of amides is 1. The van der Waals surface area contributed by atoms with E-state index < -0.39 is 11.0 Å². The minimum absolute atomic E-state index is 0.0151. The molecule has 4 rings (SSSR count). The van der Waals surface area contributed by atoms with E-state index in [0.29, 0.717) is 35.8 Å². The highest BCUT2D eigenvalue weighted by molar-refractivity contribution is 9.10. The van der Waals surface area contributed by atoms with E-state index in [1.165, 1.54) is 12.1 Å². The summed E-state index contributed by atoms with van der Waals surface area (Å²) in [6.45, 7) is 0.669. The fraction of sp³-hybridized carbons (Fsp3) is 0.240. The van der Waals surface area contributed by atoms with Crippen molar-refractivity contribution in [3.05, 3.63) is 91.9 Å². The Labute approximate surface area is 205 Å². The first-order chi connectivity index (χ1) is 16.4. The van der Waals surface area contributed by atoms with Crippen LogP contribution >= 0.6 is 15.9 Å². The summed E-state index contributed by atoms with van der Waals surface area (Å²) in [6, 6.07) is 16.6. The molecule has 0 unspecified atom stereocenters. The van der Waals surface area contributed by atoms with E-state index in [-0.39, 0.29) is 18.2 Å². The van der Waals surface area contributed by atoms with Gasteiger partial charge in [-0.1, -0.05) is 22.0 Å². The summed E-state index contributed by atoms with van der Waals surface area (Å²) in [4.78, 5) is 25.8. The molecule has 0 N–H and O–H groups in total. The molecule has 0 aromatic heterocycles. The Bertz CT molecular complexity index is 1210. The molecule has 0 bridgehead atoms. The molecular formula is C25H23BrN2O6.